The number of rotatable bonds is 5. The molecule has 3 aromatic rings. The van der Waals surface area contributed by atoms with Gasteiger partial charge < -0.3 is 9.72 Å². The van der Waals surface area contributed by atoms with Crippen LogP contribution in [0.25, 0.3) is 10.8 Å². The van der Waals surface area contributed by atoms with Crippen molar-refractivity contribution < 1.29 is 18.9 Å². The van der Waals surface area contributed by atoms with Crippen LogP contribution in [-0.4, -0.2) is 23.3 Å². The molecule has 5 nitrogen and oxygen atoms in total. The lowest BCUT2D eigenvalue weighted by Gasteiger charge is -2.07. The minimum atomic E-state index is -0.399. The van der Waals surface area contributed by atoms with Gasteiger partial charge in [0.2, 0.25) is 11.8 Å². The second kappa shape index (κ2) is 7.12. The number of carbonyl (C=O) groups is 2. The number of nitrogens with one attached hydrogen (secondary N) is 1. The SMILES string of the molecule is CCOC(=O)c1c(C)[nH]c(C(=O)[C@@H](C)[n+]2ccc3ccccc3c2)c1C. The predicted octanol–water partition coefficient (Wildman–Crippen LogP) is 3.69. The van der Waals surface area contributed by atoms with Gasteiger partial charge in [-0.2, -0.15) is 4.57 Å². The fraction of sp³-hybridized carbons (Fsp3) is 0.286. The van der Waals surface area contributed by atoms with Crippen molar-refractivity contribution in [1.29, 1.82) is 0 Å². The summed E-state index contributed by atoms with van der Waals surface area (Å²) in [6.07, 6.45) is 3.87. The highest BCUT2D eigenvalue weighted by atomic mass is 16.5. The van der Waals surface area contributed by atoms with Crippen LogP contribution >= 0.6 is 0 Å². The van der Waals surface area contributed by atoms with Crippen molar-refractivity contribution in [3.05, 3.63) is 65.2 Å². The highest BCUT2D eigenvalue weighted by Gasteiger charge is 2.30. The number of aromatic nitrogens is 2. The van der Waals surface area contributed by atoms with E-state index in [2.05, 4.69) is 4.98 Å². The van der Waals surface area contributed by atoms with E-state index >= 15 is 0 Å². The monoisotopic (exact) mass is 351 g/mol. The van der Waals surface area contributed by atoms with Gasteiger partial charge >= 0.3 is 5.97 Å². The van der Waals surface area contributed by atoms with Crippen LogP contribution in [0.2, 0.25) is 0 Å². The number of hydrogen-bond acceptors (Lipinski definition) is 3. The number of H-pyrrole nitrogens is 1. The van der Waals surface area contributed by atoms with Crippen LogP contribution in [0, 0.1) is 13.8 Å². The maximum absolute atomic E-state index is 13.0. The lowest BCUT2D eigenvalue weighted by Crippen LogP contribution is -2.42. The van der Waals surface area contributed by atoms with Crippen LogP contribution < -0.4 is 4.57 Å². The molecule has 3 rings (SSSR count). The molecule has 2 heterocycles. The summed E-state index contributed by atoms with van der Waals surface area (Å²) in [5.41, 5.74) is 2.20. The molecule has 1 aromatic carbocycles. The minimum absolute atomic E-state index is 0.0681. The molecule has 2 aromatic heterocycles. The van der Waals surface area contributed by atoms with Gasteiger partial charge in [-0.15, -0.1) is 0 Å². The van der Waals surface area contributed by atoms with E-state index in [4.69, 9.17) is 4.74 Å². The molecule has 0 aliphatic rings. The van der Waals surface area contributed by atoms with Crippen LogP contribution in [0.3, 0.4) is 0 Å². The minimum Gasteiger partial charge on any atom is -0.462 e. The first-order chi connectivity index (χ1) is 12.4. The largest absolute Gasteiger partial charge is 0.462 e. The van der Waals surface area contributed by atoms with Crippen LogP contribution in [-0.2, 0) is 4.74 Å². The summed E-state index contributed by atoms with van der Waals surface area (Å²) in [5.74, 6) is -0.467. The number of benzene rings is 1. The summed E-state index contributed by atoms with van der Waals surface area (Å²) in [6.45, 7) is 7.48. The van der Waals surface area contributed by atoms with Crippen molar-refractivity contribution >= 4 is 22.5 Å². The van der Waals surface area contributed by atoms with Gasteiger partial charge in [0.15, 0.2) is 12.4 Å². The molecule has 0 saturated heterocycles. The summed E-state index contributed by atoms with van der Waals surface area (Å²) in [4.78, 5) is 28.3. The van der Waals surface area contributed by atoms with E-state index in [9.17, 15) is 9.59 Å². The molecule has 26 heavy (non-hydrogen) atoms. The summed E-state index contributed by atoms with van der Waals surface area (Å²) in [7, 11) is 0. The van der Waals surface area contributed by atoms with Crippen molar-refractivity contribution in [3.63, 3.8) is 0 Å². The lowest BCUT2D eigenvalue weighted by molar-refractivity contribution is -0.703. The van der Waals surface area contributed by atoms with Gasteiger partial charge in [0.05, 0.1) is 17.9 Å². The molecular formula is C21H23N2O3+. The van der Waals surface area contributed by atoms with E-state index in [1.165, 1.54) is 0 Å². The van der Waals surface area contributed by atoms with Gasteiger partial charge in [0, 0.05) is 24.1 Å². The molecule has 0 bridgehead atoms. The summed E-state index contributed by atoms with van der Waals surface area (Å²) in [6, 6.07) is 9.62. The van der Waals surface area contributed by atoms with E-state index in [0.29, 0.717) is 29.1 Å². The second-order valence-electron chi connectivity index (χ2n) is 6.41. The summed E-state index contributed by atoms with van der Waals surface area (Å²) >= 11 is 0. The number of esters is 1. The Morgan fingerprint density at radius 2 is 1.85 bits per heavy atom. The number of aromatic amines is 1. The average Bonchev–Trinajstić information content (AvgIpc) is 2.94. The normalized spacial score (nSPS) is 12.2. The molecule has 0 aliphatic carbocycles. The van der Waals surface area contributed by atoms with Gasteiger partial charge in [-0.3, -0.25) is 4.79 Å². The van der Waals surface area contributed by atoms with Gasteiger partial charge in [0.25, 0.3) is 0 Å². The number of fused-ring (bicyclic) bond motifs is 1. The number of nitrogens with zero attached hydrogens (tertiary/aromatic N) is 1. The Bertz CT molecular complexity index is 988. The van der Waals surface area contributed by atoms with Crippen LogP contribution in [0.15, 0.2) is 42.7 Å². The number of ether oxygens (including phenoxy) is 1. The van der Waals surface area contributed by atoms with Gasteiger partial charge in [-0.05, 0) is 37.8 Å². The number of carbonyl (C=O) groups excluding carboxylic acids is 2. The predicted molar refractivity (Wildman–Crippen MR) is 99.4 cm³/mol. The smallest absolute Gasteiger partial charge is 0.340 e. The van der Waals surface area contributed by atoms with Gasteiger partial charge in [0.1, 0.15) is 0 Å². The summed E-state index contributed by atoms with van der Waals surface area (Å²) in [5, 5.41) is 2.20. The Hall–Kier alpha value is -2.95. The van der Waals surface area contributed by atoms with E-state index in [-0.39, 0.29) is 5.78 Å². The van der Waals surface area contributed by atoms with Crippen LogP contribution in [0.4, 0.5) is 0 Å². The molecule has 0 spiro atoms. The first-order valence-electron chi connectivity index (χ1n) is 8.74. The topological polar surface area (TPSA) is 63.0 Å². The van der Waals surface area contributed by atoms with Crippen molar-refractivity contribution in [2.75, 3.05) is 6.61 Å². The number of hydrogen-bond donors (Lipinski definition) is 1. The maximum Gasteiger partial charge on any atom is 0.340 e. The lowest BCUT2D eigenvalue weighted by atomic mass is 10.0. The van der Waals surface area contributed by atoms with Crippen LogP contribution in [0.5, 0.6) is 0 Å². The van der Waals surface area contributed by atoms with E-state index in [1.54, 1.807) is 20.8 Å². The molecule has 0 radical (unpaired) electrons. The Morgan fingerprint density at radius 1 is 1.15 bits per heavy atom. The molecular weight excluding hydrogens is 328 g/mol. The fourth-order valence-electron chi connectivity index (χ4n) is 3.24. The fourth-order valence-corrected chi connectivity index (χ4v) is 3.24. The van der Waals surface area contributed by atoms with E-state index in [1.807, 2.05) is 54.2 Å². The van der Waals surface area contributed by atoms with Crippen molar-refractivity contribution in [2.24, 2.45) is 0 Å². The molecule has 0 aliphatic heterocycles. The van der Waals surface area contributed by atoms with Crippen LogP contribution in [0.1, 0.15) is 52.0 Å². The van der Waals surface area contributed by atoms with Crippen molar-refractivity contribution in [2.45, 2.75) is 33.7 Å². The third kappa shape index (κ3) is 3.12. The van der Waals surface area contributed by atoms with E-state index in [0.717, 1.165) is 10.8 Å². The second-order valence-corrected chi connectivity index (χ2v) is 6.41. The molecule has 134 valence electrons. The Morgan fingerprint density at radius 3 is 2.54 bits per heavy atom. The molecule has 1 N–H and O–H groups in total. The quantitative estimate of drug-likeness (QED) is 0.433. The third-order valence-corrected chi connectivity index (χ3v) is 4.70. The maximum atomic E-state index is 13.0. The van der Waals surface area contributed by atoms with Crippen molar-refractivity contribution in [1.82, 2.24) is 4.98 Å². The standard InChI is InChI=1S/C21H22N2O3/c1-5-26-21(25)18-13(2)19(22-14(18)3)20(24)15(4)23-11-10-16-8-6-7-9-17(16)12-23/h6-12,15H,5H2,1-4H3/p+1/t15-/m1/s1. The summed E-state index contributed by atoms with van der Waals surface area (Å²) < 4.78 is 6.99. The number of Topliss-reactive ketones (excluding diaryl/α,β-unsaturated/α-hetero) is 1. The number of pyridine rings is 1. The van der Waals surface area contributed by atoms with Gasteiger partial charge in [-0.1, -0.05) is 18.2 Å². The number of ketones is 1. The van der Waals surface area contributed by atoms with E-state index < -0.39 is 12.0 Å². The molecule has 0 fully saturated rings. The Kier molecular flexibility index (Phi) is 4.89. The molecule has 0 unspecified atom stereocenters. The first kappa shape index (κ1) is 17.9. The zero-order chi connectivity index (χ0) is 18.8. The Balaban J connectivity index is 1.95. The van der Waals surface area contributed by atoms with Crippen molar-refractivity contribution in [3.8, 4) is 0 Å². The molecule has 0 saturated carbocycles. The Labute approximate surface area is 152 Å². The highest BCUT2D eigenvalue weighted by molar-refractivity contribution is 6.02. The average molecular weight is 351 g/mol. The third-order valence-electron chi connectivity index (χ3n) is 4.70. The molecule has 1 atom stereocenters. The van der Waals surface area contributed by atoms with Gasteiger partial charge in [-0.25, -0.2) is 4.79 Å². The number of aryl methyl sites for hydroxylation is 1. The zero-order valence-corrected chi connectivity index (χ0v) is 15.5. The molecule has 5 heteroatoms. The highest BCUT2D eigenvalue weighted by Crippen LogP contribution is 2.22. The zero-order valence-electron chi connectivity index (χ0n) is 15.5. The molecule has 0 amide bonds. The first-order valence-corrected chi connectivity index (χ1v) is 8.74.